The van der Waals surface area contributed by atoms with Crippen LogP contribution in [0.3, 0.4) is 0 Å². The molecule has 0 radical (unpaired) electrons. The summed E-state index contributed by atoms with van der Waals surface area (Å²) in [4.78, 5) is 0. The van der Waals surface area contributed by atoms with Crippen molar-refractivity contribution in [2.45, 2.75) is 43.6 Å². The quantitative estimate of drug-likeness (QED) is 0.807. The average Bonchev–Trinajstić information content (AvgIpc) is 2.82. The van der Waals surface area contributed by atoms with Crippen LogP contribution >= 0.6 is 11.8 Å². The van der Waals surface area contributed by atoms with Gasteiger partial charge in [0.05, 0.1) is 6.61 Å². The Labute approximate surface area is 108 Å². The van der Waals surface area contributed by atoms with Crippen LogP contribution in [0.4, 0.5) is 5.69 Å². The Hall–Kier alpha value is -0.830. The Balaban J connectivity index is 1.99. The summed E-state index contributed by atoms with van der Waals surface area (Å²) in [5.74, 6) is 2.01. The van der Waals surface area contributed by atoms with E-state index in [1.54, 1.807) is 0 Å². The summed E-state index contributed by atoms with van der Waals surface area (Å²) >= 11 is 2.05. The van der Waals surface area contributed by atoms with E-state index in [0.29, 0.717) is 6.61 Å². The molecule has 0 amide bonds. The number of thioether (sulfide) groups is 1. The van der Waals surface area contributed by atoms with E-state index in [9.17, 15) is 0 Å². The van der Waals surface area contributed by atoms with Crippen LogP contribution in [0.15, 0.2) is 18.2 Å². The summed E-state index contributed by atoms with van der Waals surface area (Å²) in [6, 6.07) is 5.95. The fourth-order valence-electron chi connectivity index (χ4n) is 2.27. The van der Waals surface area contributed by atoms with Crippen LogP contribution in [-0.4, -0.2) is 11.9 Å². The third kappa shape index (κ3) is 3.56. The van der Waals surface area contributed by atoms with E-state index >= 15 is 0 Å². The third-order valence-electron chi connectivity index (χ3n) is 3.16. The molecule has 1 fully saturated rings. The molecular formula is C14H21NOS. The maximum atomic E-state index is 5.84. The molecule has 0 heterocycles. The van der Waals surface area contributed by atoms with Crippen LogP contribution in [0, 0.1) is 0 Å². The first-order chi connectivity index (χ1) is 8.29. The molecule has 2 N–H and O–H groups in total. The molecule has 2 nitrogen and oxygen atoms in total. The Morgan fingerprint density at radius 1 is 1.35 bits per heavy atom. The predicted molar refractivity (Wildman–Crippen MR) is 75.6 cm³/mol. The van der Waals surface area contributed by atoms with Crippen LogP contribution in [0.2, 0.25) is 0 Å². The molecule has 1 aromatic carbocycles. The maximum Gasteiger partial charge on any atom is 0.123 e. The SMILES string of the molecule is CCOc1ccc(N)cc1CSC1CCCC1. The zero-order valence-electron chi connectivity index (χ0n) is 10.4. The molecule has 1 saturated carbocycles. The highest BCUT2D eigenvalue weighted by Crippen LogP contribution is 2.34. The molecule has 0 unspecified atom stereocenters. The van der Waals surface area contributed by atoms with Gasteiger partial charge >= 0.3 is 0 Å². The minimum absolute atomic E-state index is 0.713. The van der Waals surface area contributed by atoms with E-state index < -0.39 is 0 Å². The molecule has 1 aliphatic carbocycles. The number of nitrogens with two attached hydrogens (primary N) is 1. The molecule has 0 spiro atoms. The molecular weight excluding hydrogens is 230 g/mol. The summed E-state index contributed by atoms with van der Waals surface area (Å²) in [7, 11) is 0. The Kier molecular flexibility index (Phi) is 4.60. The van der Waals surface area contributed by atoms with Crippen LogP contribution in [0.5, 0.6) is 5.75 Å². The average molecular weight is 251 g/mol. The topological polar surface area (TPSA) is 35.2 Å². The van der Waals surface area contributed by atoms with Crippen LogP contribution in [0.25, 0.3) is 0 Å². The van der Waals surface area contributed by atoms with E-state index in [-0.39, 0.29) is 0 Å². The highest BCUT2D eigenvalue weighted by molar-refractivity contribution is 7.99. The van der Waals surface area contributed by atoms with Crippen LogP contribution < -0.4 is 10.5 Å². The van der Waals surface area contributed by atoms with Gasteiger partial charge in [-0.15, -0.1) is 0 Å². The molecule has 1 aliphatic rings. The van der Waals surface area contributed by atoms with Gasteiger partial charge in [0, 0.05) is 22.3 Å². The monoisotopic (exact) mass is 251 g/mol. The van der Waals surface area contributed by atoms with E-state index in [4.69, 9.17) is 10.5 Å². The lowest BCUT2D eigenvalue weighted by atomic mass is 10.2. The Morgan fingerprint density at radius 3 is 2.82 bits per heavy atom. The second kappa shape index (κ2) is 6.20. The highest BCUT2D eigenvalue weighted by Gasteiger charge is 2.16. The lowest BCUT2D eigenvalue weighted by molar-refractivity contribution is 0.337. The maximum absolute atomic E-state index is 5.84. The van der Waals surface area contributed by atoms with Gasteiger partial charge in [0.1, 0.15) is 5.75 Å². The van der Waals surface area contributed by atoms with Crippen molar-refractivity contribution >= 4 is 17.4 Å². The van der Waals surface area contributed by atoms with Gasteiger partial charge in [-0.2, -0.15) is 11.8 Å². The first-order valence-electron chi connectivity index (χ1n) is 6.42. The van der Waals surface area contributed by atoms with Gasteiger partial charge in [-0.1, -0.05) is 12.8 Å². The van der Waals surface area contributed by atoms with Crippen molar-refractivity contribution in [3.05, 3.63) is 23.8 Å². The van der Waals surface area contributed by atoms with E-state index in [1.807, 2.05) is 25.1 Å². The van der Waals surface area contributed by atoms with Gasteiger partial charge in [0.2, 0.25) is 0 Å². The molecule has 3 heteroatoms. The van der Waals surface area contributed by atoms with Gasteiger partial charge in [-0.3, -0.25) is 0 Å². The van der Waals surface area contributed by atoms with E-state index in [1.165, 1.54) is 31.2 Å². The minimum atomic E-state index is 0.713. The van der Waals surface area contributed by atoms with Crippen LogP contribution in [-0.2, 0) is 5.75 Å². The lowest BCUT2D eigenvalue weighted by Crippen LogP contribution is -2.00. The normalized spacial score (nSPS) is 16.3. The number of nitrogen functional groups attached to an aromatic ring is 1. The predicted octanol–water partition coefficient (Wildman–Crippen LogP) is 3.84. The van der Waals surface area contributed by atoms with Crippen molar-refractivity contribution < 1.29 is 4.74 Å². The largest absolute Gasteiger partial charge is 0.494 e. The molecule has 94 valence electrons. The summed E-state index contributed by atoms with van der Waals surface area (Å²) in [6.07, 6.45) is 5.54. The molecule has 0 atom stereocenters. The summed E-state index contributed by atoms with van der Waals surface area (Å²) in [6.45, 7) is 2.73. The molecule has 0 aromatic heterocycles. The number of rotatable bonds is 5. The van der Waals surface area contributed by atoms with Crippen LogP contribution in [0.1, 0.15) is 38.2 Å². The molecule has 1 aromatic rings. The fraction of sp³-hybridized carbons (Fsp3) is 0.571. The van der Waals surface area contributed by atoms with Gasteiger partial charge in [-0.25, -0.2) is 0 Å². The second-order valence-corrected chi connectivity index (χ2v) is 5.81. The zero-order chi connectivity index (χ0) is 12.1. The van der Waals surface area contributed by atoms with Gasteiger partial charge < -0.3 is 10.5 Å². The van der Waals surface area contributed by atoms with Crippen molar-refractivity contribution in [2.75, 3.05) is 12.3 Å². The Bertz CT molecular complexity index is 361. The third-order valence-corrected chi connectivity index (χ3v) is 4.58. The van der Waals surface area contributed by atoms with Crippen molar-refractivity contribution in [3.8, 4) is 5.75 Å². The standard InChI is InChI=1S/C14H21NOS/c1-2-16-14-8-7-12(15)9-11(14)10-17-13-5-3-4-6-13/h7-9,13H,2-6,10,15H2,1H3. The molecule has 0 saturated heterocycles. The minimum Gasteiger partial charge on any atom is -0.494 e. The van der Waals surface area contributed by atoms with E-state index in [0.717, 1.165) is 22.4 Å². The summed E-state index contributed by atoms with van der Waals surface area (Å²) < 4.78 is 5.64. The second-order valence-electron chi connectivity index (χ2n) is 4.52. The molecule has 2 rings (SSSR count). The first-order valence-corrected chi connectivity index (χ1v) is 7.47. The van der Waals surface area contributed by atoms with Crippen molar-refractivity contribution in [1.29, 1.82) is 0 Å². The van der Waals surface area contributed by atoms with Gasteiger partial charge in [-0.05, 0) is 38.0 Å². The van der Waals surface area contributed by atoms with Crippen molar-refractivity contribution in [1.82, 2.24) is 0 Å². The number of anilines is 1. The van der Waals surface area contributed by atoms with E-state index in [2.05, 4.69) is 11.8 Å². The molecule has 17 heavy (non-hydrogen) atoms. The summed E-state index contributed by atoms with van der Waals surface area (Å²) in [5.41, 5.74) is 7.91. The number of ether oxygens (including phenoxy) is 1. The number of benzene rings is 1. The zero-order valence-corrected chi connectivity index (χ0v) is 11.3. The highest BCUT2D eigenvalue weighted by atomic mass is 32.2. The van der Waals surface area contributed by atoms with Gasteiger partial charge in [0.25, 0.3) is 0 Å². The molecule has 0 aliphatic heterocycles. The number of hydrogen-bond donors (Lipinski definition) is 1. The Morgan fingerprint density at radius 2 is 2.12 bits per heavy atom. The van der Waals surface area contributed by atoms with Crippen molar-refractivity contribution in [2.24, 2.45) is 0 Å². The molecule has 0 bridgehead atoms. The van der Waals surface area contributed by atoms with Crippen molar-refractivity contribution in [3.63, 3.8) is 0 Å². The first kappa shape index (κ1) is 12.6. The number of hydrogen-bond acceptors (Lipinski definition) is 3. The van der Waals surface area contributed by atoms with Gasteiger partial charge in [0.15, 0.2) is 0 Å². The fourth-order valence-corrected chi connectivity index (χ4v) is 3.58. The summed E-state index contributed by atoms with van der Waals surface area (Å²) in [5, 5.41) is 0.839. The smallest absolute Gasteiger partial charge is 0.123 e. The lowest BCUT2D eigenvalue weighted by Gasteiger charge is -2.13.